The van der Waals surface area contributed by atoms with E-state index >= 15 is 0 Å². The lowest BCUT2D eigenvalue weighted by Crippen LogP contribution is -2.55. The maximum Gasteiger partial charge on any atom is 0.417 e. The molecule has 0 bridgehead atoms. The van der Waals surface area contributed by atoms with Crippen LogP contribution in [0.2, 0.25) is 0 Å². The van der Waals surface area contributed by atoms with E-state index in [-0.39, 0.29) is 17.9 Å². The van der Waals surface area contributed by atoms with Crippen LogP contribution in [0.25, 0.3) is 0 Å². The van der Waals surface area contributed by atoms with Gasteiger partial charge < -0.3 is 4.74 Å². The van der Waals surface area contributed by atoms with Gasteiger partial charge in [0.15, 0.2) is 0 Å². The lowest BCUT2D eigenvalue weighted by Gasteiger charge is -2.41. The summed E-state index contributed by atoms with van der Waals surface area (Å²) in [5, 5.41) is 0. The van der Waals surface area contributed by atoms with Crippen molar-refractivity contribution in [2.24, 2.45) is 5.92 Å². The maximum absolute atomic E-state index is 12.7. The number of ether oxygens (including phenoxy) is 1. The highest BCUT2D eigenvalue weighted by Gasteiger charge is 2.39. The topological polar surface area (TPSA) is 49.9 Å². The van der Waals surface area contributed by atoms with Crippen LogP contribution in [0.5, 0.6) is 0 Å². The van der Waals surface area contributed by atoms with E-state index in [9.17, 15) is 9.59 Å². The molecule has 2 aromatic carbocycles. The van der Waals surface area contributed by atoms with Crippen molar-refractivity contribution in [1.82, 2.24) is 9.80 Å². The molecule has 3 rings (SSSR count). The molecule has 2 amide bonds. The predicted octanol–water partition coefficient (Wildman–Crippen LogP) is 4.86. The van der Waals surface area contributed by atoms with Gasteiger partial charge in [-0.15, -0.1) is 0 Å². The van der Waals surface area contributed by atoms with Crippen LogP contribution in [0.1, 0.15) is 45.2 Å². The van der Waals surface area contributed by atoms with E-state index < -0.39 is 11.7 Å². The molecular formula is C25H32N2O3. The Morgan fingerprint density at radius 1 is 1.00 bits per heavy atom. The normalized spacial score (nSPS) is 19.8. The van der Waals surface area contributed by atoms with Gasteiger partial charge in [-0.1, -0.05) is 67.6 Å². The van der Waals surface area contributed by atoms with Crippen molar-refractivity contribution in [1.29, 1.82) is 0 Å². The smallest absolute Gasteiger partial charge is 0.417 e. The highest BCUT2D eigenvalue weighted by Crippen LogP contribution is 2.26. The van der Waals surface area contributed by atoms with Crippen molar-refractivity contribution in [3.05, 3.63) is 71.8 Å². The monoisotopic (exact) mass is 408 g/mol. The zero-order chi connectivity index (χ0) is 21.7. The molecule has 2 atom stereocenters. The number of benzene rings is 2. The minimum atomic E-state index is -0.638. The molecule has 0 N–H and O–H groups in total. The summed E-state index contributed by atoms with van der Waals surface area (Å²) in [5.41, 5.74) is 1.78. The van der Waals surface area contributed by atoms with Gasteiger partial charge in [-0.3, -0.25) is 9.69 Å². The molecule has 0 radical (unpaired) electrons. The van der Waals surface area contributed by atoms with Crippen LogP contribution in [0.15, 0.2) is 60.7 Å². The molecule has 2 aromatic rings. The summed E-state index contributed by atoms with van der Waals surface area (Å²) < 4.78 is 5.51. The third kappa shape index (κ3) is 5.92. The van der Waals surface area contributed by atoms with Crippen molar-refractivity contribution >= 4 is 12.0 Å². The molecule has 160 valence electrons. The summed E-state index contributed by atoms with van der Waals surface area (Å²) >= 11 is 0. The fraction of sp³-hybridized carbons (Fsp3) is 0.440. The fourth-order valence-corrected chi connectivity index (χ4v) is 3.85. The highest BCUT2D eigenvalue weighted by molar-refractivity contribution is 5.94. The van der Waals surface area contributed by atoms with Crippen LogP contribution < -0.4 is 0 Å². The van der Waals surface area contributed by atoms with E-state index in [2.05, 4.69) is 29.2 Å². The third-order valence-corrected chi connectivity index (χ3v) is 5.29. The average molecular weight is 409 g/mol. The van der Waals surface area contributed by atoms with Gasteiger partial charge >= 0.3 is 6.09 Å². The first kappa shape index (κ1) is 22.0. The van der Waals surface area contributed by atoms with E-state index in [1.807, 2.05) is 64.1 Å². The van der Waals surface area contributed by atoms with Crippen molar-refractivity contribution in [3.8, 4) is 0 Å². The number of hydrogen-bond donors (Lipinski definition) is 0. The Hall–Kier alpha value is -2.66. The molecule has 1 aliphatic heterocycles. The first-order valence-electron chi connectivity index (χ1n) is 10.6. The zero-order valence-electron chi connectivity index (χ0n) is 18.4. The largest absolute Gasteiger partial charge is 0.443 e. The average Bonchev–Trinajstić information content (AvgIpc) is 2.69. The molecule has 0 aromatic heterocycles. The minimum absolute atomic E-state index is 0.0608. The second-order valence-electron chi connectivity index (χ2n) is 9.10. The predicted molar refractivity (Wildman–Crippen MR) is 118 cm³/mol. The molecule has 0 spiro atoms. The summed E-state index contributed by atoms with van der Waals surface area (Å²) in [6.07, 6.45) is 0.168. The number of likely N-dealkylation sites (tertiary alicyclic amines) is 1. The van der Waals surface area contributed by atoms with E-state index in [0.29, 0.717) is 6.54 Å². The molecule has 5 nitrogen and oxygen atoms in total. The summed E-state index contributed by atoms with van der Waals surface area (Å²) in [6, 6.07) is 20.7. The Morgan fingerprint density at radius 2 is 1.50 bits per heavy atom. The Morgan fingerprint density at radius 3 is 1.97 bits per heavy atom. The molecule has 1 saturated heterocycles. The van der Waals surface area contributed by atoms with Gasteiger partial charge in [0.2, 0.25) is 5.91 Å². The van der Waals surface area contributed by atoms with E-state index in [1.165, 1.54) is 16.0 Å². The SMILES string of the molecule is C[C@H]1C[C@H](N(Cc2ccccc2)Cc2ccccc2)CN(C(=O)OC(C)(C)C)C1=O. The van der Waals surface area contributed by atoms with E-state index in [4.69, 9.17) is 4.74 Å². The van der Waals surface area contributed by atoms with Crippen LogP contribution in [-0.4, -0.2) is 40.0 Å². The maximum atomic E-state index is 12.7. The lowest BCUT2D eigenvalue weighted by atomic mass is 9.93. The number of carbonyl (C=O) groups is 2. The minimum Gasteiger partial charge on any atom is -0.443 e. The number of nitrogens with zero attached hydrogens (tertiary/aromatic N) is 2. The van der Waals surface area contributed by atoms with Gasteiger partial charge in [0, 0.05) is 31.6 Å². The molecular weight excluding hydrogens is 376 g/mol. The Labute approximate surface area is 179 Å². The Kier molecular flexibility index (Phi) is 6.93. The van der Waals surface area contributed by atoms with Gasteiger partial charge in [0.05, 0.1) is 0 Å². The molecule has 1 fully saturated rings. The second kappa shape index (κ2) is 9.43. The van der Waals surface area contributed by atoms with E-state index in [1.54, 1.807) is 0 Å². The summed E-state index contributed by atoms with van der Waals surface area (Å²) in [7, 11) is 0. The van der Waals surface area contributed by atoms with Crippen molar-refractivity contribution < 1.29 is 14.3 Å². The van der Waals surface area contributed by atoms with Crippen molar-refractivity contribution in [2.45, 2.75) is 58.8 Å². The van der Waals surface area contributed by atoms with Crippen molar-refractivity contribution in [3.63, 3.8) is 0 Å². The third-order valence-electron chi connectivity index (χ3n) is 5.29. The van der Waals surface area contributed by atoms with Gasteiger partial charge in [-0.2, -0.15) is 0 Å². The second-order valence-corrected chi connectivity index (χ2v) is 9.10. The van der Waals surface area contributed by atoms with Gasteiger partial charge in [0.1, 0.15) is 5.60 Å². The van der Waals surface area contributed by atoms with Crippen LogP contribution in [-0.2, 0) is 22.6 Å². The first-order chi connectivity index (χ1) is 14.2. The molecule has 1 heterocycles. The van der Waals surface area contributed by atoms with Crippen LogP contribution in [0, 0.1) is 5.92 Å². The number of rotatable bonds is 5. The molecule has 0 aliphatic carbocycles. The standard InChI is InChI=1S/C25H32N2O3/c1-19-15-22(18-27(23(19)28)24(29)30-25(2,3)4)26(16-20-11-7-5-8-12-20)17-21-13-9-6-10-14-21/h5-14,19,22H,15-18H2,1-4H3/t19-,22-/m0/s1. The molecule has 30 heavy (non-hydrogen) atoms. The number of amides is 2. The number of piperidine rings is 1. The van der Waals surface area contributed by atoms with Crippen LogP contribution in [0.4, 0.5) is 4.79 Å². The zero-order valence-corrected chi connectivity index (χ0v) is 18.4. The highest BCUT2D eigenvalue weighted by atomic mass is 16.6. The van der Waals surface area contributed by atoms with E-state index in [0.717, 1.165) is 19.5 Å². The molecule has 0 saturated carbocycles. The van der Waals surface area contributed by atoms with Crippen LogP contribution >= 0.6 is 0 Å². The fourth-order valence-electron chi connectivity index (χ4n) is 3.85. The summed E-state index contributed by atoms with van der Waals surface area (Å²) in [5.74, 6) is -0.384. The first-order valence-corrected chi connectivity index (χ1v) is 10.6. The Balaban J connectivity index is 1.83. The van der Waals surface area contributed by atoms with Gasteiger partial charge in [0.25, 0.3) is 0 Å². The van der Waals surface area contributed by atoms with Crippen LogP contribution in [0.3, 0.4) is 0 Å². The lowest BCUT2D eigenvalue weighted by molar-refractivity contribution is -0.139. The summed E-state index contributed by atoms with van der Waals surface area (Å²) in [6.45, 7) is 9.20. The van der Waals surface area contributed by atoms with Gasteiger partial charge in [-0.05, 0) is 38.3 Å². The molecule has 0 unspecified atom stereocenters. The number of carbonyl (C=O) groups excluding carboxylic acids is 2. The van der Waals surface area contributed by atoms with Gasteiger partial charge in [-0.25, -0.2) is 9.69 Å². The Bertz CT molecular complexity index is 804. The summed E-state index contributed by atoms with van der Waals surface area (Å²) in [4.78, 5) is 29.1. The quantitative estimate of drug-likeness (QED) is 0.709. The number of hydrogen-bond acceptors (Lipinski definition) is 4. The number of imide groups is 1. The molecule has 1 aliphatic rings. The molecule has 5 heteroatoms. The van der Waals surface area contributed by atoms with Crippen molar-refractivity contribution in [2.75, 3.05) is 6.54 Å².